The van der Waals surface area contributed by atoms with Crippen LogP contribution >= 0.6 is 9.24 Å². The van der Waals surface area contributed by atoms with E-state index in [4.69, 9.17) is 9.11 Å². The van der Waals surface area contributed by atoms with E-state index in [9.17, 15) is 16.8 Å². The SMILES string of the molecule is O=S(=O)(O)c1ccccc1.O=S(=O)(O)c1ccccc1.Pc1ccccc1. The topological polar surface area (TPSA) is 109 Å². The molecule has 0 aromatic heterocycles. The lowest BCUT2D eigenvalue weighted by Crippen LogP contribution is -1.96. The van der Waals surface area contributed by atoms with Crippen molar-refractivity contribution in [3.05, 3.63) is 91.0 Å². The zero-order valence-electron chi connectivity index (χ0n) is 14.1. The van der Waals surface area contributed by atoms with E-state index in [1.807, 2.05) is 30.3 Å². The Bertz CT molecular complexity index is 940. The fourth-order valence-electron chi connectivity index (χ4n) is 1.64. The normalized spacial score (nSPS) is 10.6. The first-order valence-electron chi connectivity index (χ1n) is 7.46. The van der Waals surface area contributed by atoms with Crippen molar-refractivity contribution in [1.82, 2.24) is 0 Å². The molecule has 0 spiro atoms. The van der Waals surface area contributed by atoms with Gasteiger partial charge in [-0.3, -0.25) is 9.11 Å². The molecule has 3 aromatic rings. The quantitative estimate of drug-likeness (QED) is 0.482. The highest BCUT2D eigenvalue weighted by molar-refractivity contribution is 7.86. The van der Waals surface area contributed by atoms with Crippen LogP contribution < -0.4 is 5.30 Å². The van der Waals surface area contributed by atoms with Crippen molar-refractivity contribution < 1.29 is 25.9 Å². The van der Waals surface area contributed by atoms with Crippen LogP contribution in [0.2, 0.25) is 0 Å². The molecule has 9 heteroatoms. The van der Waals surface area contributed by atoms with Crippen molar-refractivity contribution in [3.8, 4) is 0 Å². The Morgan fingerprint density at radius 2 is 0.778 bits per heavy atom. The number of hydrogen-bond donors (Lipinski definition) is 2. The maximum absolute atomic E-state index is 10.4. The standard InChI is InChI=1S/2C6H6O3S.C6H7P/c2*7-10(8,9)6-4-2-1-3-5-6;7-6-4-2-1-3-5-6/h2*1-5H,(H,7,8,9);1-5H,7H2. The van der Waals surface area contributed by atoms with Crippen molar-refractivity contribution in [2.45, 2.75) is 9.79 Å². The van der Waals surface area contributed by atoms with E-state index in [0.717, 1.165) is 0 Å². The van der Waals surface area contributed by atoms with E-state index >= 15 is 0 Å². The summed E-state index contributed by atoms with van der Waals surface area (Å²) in [4.78, 5) is -0.148. The van der Waals surface area contributed by atoms with Crippen molar-refractivity contribution >= 4 is 34.8 Å². The van der Waals surface area contributed by atoms with Gasteiger partial charge in [-0.25, -0.2) is 0 Å². The summed E-state index contributed by atoms with van der Waals surface area (Å²) in [6, 6.07) is 25.0. The monoisotopic (exact) mass is 426 g/mol. The van der Waals surface area contributed by atoms with Gasteiger partial charge in [0.2, 0.25) is 0 Å². The number of rotatable bonds is 2. The lowest BCUT2D eigenvalue weighted by atomic mass is 10.4. The van der Waals surface area contributed by atoms with E-state index in [1.165, 1.54) is 29.6 Å². The Balaban J connectivity index is 0.000000206. The van der Waals surface area contributed by atoms with Crippen LogP contribution in [0, 0.1) is 0 Å². The van der Waals surface area contributed by atoms with E-state index < -0.39 is 20.2 Å². The Kier molecular flexibility index (Phi) is 9.28. The van der Waals surface area contributed by atoms with Gasteiger partial charge in [0.15, 0.2) is 0 Å². The molecule has 0 bridgehead atoms. The average molecular weight is 426 g/mol. The van der Waals surface area contributed by atoms with Gasteiger partial charge in [-0.2, -0.15) is 16.8 Å². The van der Waals surface area contributed by atoms with Gasteiger partial charge in [-0.05, 0) is 29.6 Å². The second kappa shape index (κ2) is 10.9. The molecular weight excluding hydrogens is 407 g/mol. The van der Waals surface area contributed by atoms with Gasteiger partial charge in [-0.1, -0.05) is 66.7 Å². The van der Waals surface area contributed by atoms with Crippen molar-refractivity contribution in [2.24, 2.45) is 0 Å². The molecule has 0 saturated carbocycles. The average Bonchev–Trinajstić information content (AvgIpc) is 2.64. The van der Waals surface area contributed by atoms with Gasteiger partial charge in [0.1, 0.15) is 0 Å². The summed E-state index contributed by atoms with van der Waals surface area (Å²) in [5.41, 5.74) is 0. The Morgan fingerprint density at radius 3 is 0.926 bits per heavy atom. The molecule has 0 fully saturated rings. The first-order chi connectivity index (χ1) is 12.6. The van der Waals surface area contributed by atoms with Gasteiger partial charge in [0.25, 0.3) is 20.2 Å². The minimum atomic E-state index is -4.00. The van der Waals surface area contributed by atoms with Gasteiger partial charge in [0.05, 0.1) is 9.79 Å². The minimum Gasteiger partial charge on any atom is -0.282 e. The van der Waals surface area contributed by atoms with Crippen LogP contribution in [0.1, 0.15) is 0 Å². The molecule has 0 saturated heterocycles. The molecule has 2 N–H and O–H groups in total. The Morgan fingerprint density at radius 1 is 0.519 bits per heavy atom. The third-order valence-corrected chi connectivity index (χ3v) is 5.00. The number of hydrogen-bond acceptors (Lipinski definition) is 4. The lowest BCUT2D eigenvalue weighted by Gasteiger charge is -1.92. The number of benzene rings is 3. The predicted molar refractivity (Wildman–Crippen MR) is 108 cm³/mol. The predicted octanol–water partition coefficient (Wildman–Crippen LogP) is 3.05. The molecular formula is C18H19O6PS2. The lowest BCUT2D eigenvalue weighted by molar-refractivity contribution is 0.481. The Hall–Kier alpha value is -2.09. The molecule has 27 heavy (non-hydrogen) atoms. The first-order valence-corrected chi connectivity index (χ1v) is 10.9. The maximum Gasteiger partial charge on any atom is 0.294 e. The van der Waals surface area contributed by atoms with Crippen LogP contribution in [0.4, 0.5) is 0 Å². The van der Waals surface area contributed by atoms with E-state index in [0.29, 0.717) is 0 Å². The summed E-state index contributed by atoms with van der Waals surface area (Å²) in [6.07, 6.45) is 0. The summed E-state index contributed by atoms with van der Waals surface area (Å²) >= 11 is 0. The fourth-order valence-corrected chi connectivity index (χ4v) is 2.86. The molecule has 0 amide bonds. The Labute approximate surface area is 161 Å². The summed E-state index contributed by atoms with van der Waals surface area (Å²) in [6.45, 7) is 0. The third kappa shape index (κ3) is 9.98. The zero-order valence-corrected chi connectivity index (χ0v) is 16.9. The second-order valence-corrected chi connectivity index (χ2v) is 8.50. The smallest absolute Gasteiger partial charge is 0.282 e. The molecule has 3 rings (SSSR count). The van der Waals surface area contributed by atoms with Crippen molar-refractivity contribution in [2.75, 3.05) is 0 Å². The van der Waals surface area contributed by atoms with Gasteiger partial charge >= 0.3 is 0 Å². The highest BCUT2D eigenvalue weighted by Gasteiger charge is 2.06. The molecule has 1 atom stereocenters. The van der Waals surface area contributed by atoms with Crippen LogP contribution in [0.25, 0.3) is 0 Å². The van der Waals surface area contributed by atoms with E-state index in [2.05, 4.69) is 9.24 Å². The maximum atomic E-state index is 10.4. The van der Waals surface area contributed by atoms with Crippen LogP contribution in [0.3, 0.4) is 0 Å². The summed E-state index contributed by atoms with van der Waals surface area (Å²) in [5.74, 6) is 0. The second-order valence-electron chi connectivity index (χ2n) is 4.99. The van der Waals surface area contributed by atoms with Crippen molar-refractivity contribution in [3.63, 3.8) is 0 Å². The molecule has 1 unspecified atom stereocenters. The van der Waals surface area contributed by atoms with Gasteiger partial charge in [0, 0.05) is 0 Å². The molecule has 0 aliphatic heterocycles. The third-order valence-electron chi connectivity index (χ3n) is 2.88. The van der Waals surface area contributed by atoms with Crippen LogP contribution in [0.5, 0.6) is 0 Å². The zero-order chi connectivity index (χ0) is 20.3. The highest BCUT2D eigenvalue weighted by Crippen LogP contribution is 2.05. The molecule has 0 aliphatic carbocycles. The van der Waals surface area contributed by atoms with Gasteiger partial charge in [-0.15, -0.1) is 9.24 Å². The summed E-state index contributed by atoms with van der Waals surface area (Å²) < 4.78 is 58.5. The first kappa shape index (κ1) is 23.0. The molecule has 0 aliphatic rings. The van der Waals surface area contributed by atoms with Crippen molar-refractivity contribution in [1.29, 1.82) is 0 Å². The summed E-state index contributed by atoms with van der Waals surface area (Å²) in [5, 5.41) is 1.24. The fraction of sp³-hybridized carbons (Fsp3) is 0. The van der Waals surface area contributed by atoms with E-state index in [1.54, 1.807) is 36.4 Å². The van der Waals surface area contributed by atoms with E-state index in [-0.39, 0.29) is 9.79 Å². The molecule has 6 nitrogen and oxygen atoms in total. The largest absolute Gasteiger partial charge is 0.294 e. The minimum absolute atomic E-state index is 0.0741. The molecule has 144 valence electrons. The molecule has 0 radical (unpaired) electrons. The summed E-state index contributed by atoms with van der Waals surface area (Å²) in [7, 11) is -5.38. The molecule has 0 heterocycles. The van der Waals surface area contributed by atoms with Crippen LogP contribution in [0.15, 0.2) is 101 Å². The van der Waals surface area contributed by atoms with Crippen LogP contribution in [-0.2, 0) is 20.2 Å². The van der Waals surface area contributed by atoms with Crippen LogP contribution in [-0.4, -0.2) is 25.9 Å². The molecule has 3 aromatic carbocycles. The highest BCUT2D eigenvalue weighted by atomic mass is 32.2. The van der Waals surface area contributed by atoms with Gasteiger partial charge < -0.3 is 0 Å².